The Balaban J connectivity index is 1.74. The van der Waals surface area contributed by atoms with Gasteiger partial charge in [0, 0.05) is 51.5 Å². The van der Waals surface area contributed by atoms with Crippen molar-refractivity contribution in [1.82, 2.24) is 19.4 Å². The van der Waals surface area contributed by atoms with E-state index >= 15 is 0 Å². The first kappa shape index (κ1) is 17.4. The second kappa shape index (κ2) is 7.21. The van der Waals surface area contributed by atoms with Crippen molar-refractivity contribution in [2.45, 2.75) is 26.4 Å². The monoisotopic (exact) mass is 341 g/mol. The first-order chi connectivity index (χ1) is 12.0. The van der Waals surface area contributed by atoms with E-state index in [0.717, 1.165) is 32.7 Å². The van der Waals surface area contributed by atoms with Crippen LogP contribution in [0.5, 0.6) is 0 Å². The zero-order valence-corrected chi connectivity index (χ0v) is 14.7. The van der Waals surface area contributed by atoms with Gasteiger partial charge < -0.3 is 9.55 Å². The van der Waals surface area contributed by atoms with Gasteiger partial charge in [0.1, 0.15) is 11.6 Å². The van der Waals surface area contributed by atoms with Gasteiger partial charge in [-0.15, -0.1) is 0 Å². The van der Waals surface area contributed by atoms with Crippen LogP contribution in [0.3, 0.4) is 0 Å². The number of fused-ring (bicyclic) bond motifs is 1. The number of nitrogens with zero attached hydrogens (tertiary/aromatic N) is 4. The van der Waals surface area contributed by atoms with E-state index in [1.54, 1.807) is 16.8 Å². The van der Waals surface area contributed by atoms with Gasteiger partial charge in [-0.3, -0.25) is 19.4 Å². The Hall–Kier alpha value is -2.43. The highest BCUT2D eigenvalue weighted by Gasteiger charge is 2.18. The largest absolute Gasteiger partial charge is 0.321 e. The molecule has 0 unspecified atom stereocenters. The van der Waals surface area contributed by atoms with Crippen molar-refractivity contribution < 1.29 is 0 Å². The Kier molecular flexibility index (Phi) is 5.02. The molecular weight excluding hydrogens is 318 g/mol. The van der Waals surface area contributed by atoms with Crippen LogP contribution >= 0.6 is 0 Å². The lowest BCUT2D eigenvalue weighted by Gasteiger charge is -2.36. The van der Waals surface area contributed by atoms with Crippen LogP contribution in [-0.4, -0.2) is 58.1 Å². The lowest BCUT2D eigenvalue weighted by Crippen LogP contribution is -2.49. The van der Waals surface area contributed by atoms with Gasteiger partial charge in [-0.1, -0.05) is 0 Å². The molecule has 25 heavy (non-hydrogen) atoms. The Bertz CT molecular complexity index is 914. The summed E-state index contributed by atoms with van der Waals surface area (Å²) in [7, 11) is 0. The van der Waals surface area contributed by atoms with Crippen LogP contribution in [-0.2, 0) is 6.54 Å². The number of H-pyrrole nitrogens is 1. The smallest absolute Gasteiger partial charge is 0.266 e. The maximum Gasteiger partial charge on any atom is 0.266 e. The predicted octanol–water partition coefficient (Wildman–Crippen LogP) is 0.587. The Morgan fingerprint density at radius 2 is 1.92 bits per heavy atom. The second-order valence-electron chi connectivity index (χ2n) is 6.74. The van der Waals surface area contributed by atoms with Crippen LogP contribution in [0, 0.1) is 11.3 Å². The zero-order chi connectivity index (χ0) is 18.0. The number of nitriles is 1. The third-order valence-electron chi connectivity index (χ3n) is 4.90. The molecule has 3 heterocycles. The Labute approximate surface area is 146 Å². The van der Waals surface area contributed by atoms with Crippen molar-refractivity contribution in [3.05, 3.63) is 44.6 Å². The normalized spacial score (nSPS) is 16.4. The van der Waals surface area contributed by atoms with Gasteiger partial charge >= 0.3 is 0 Å². The van der Waals surface area contributed by atoms with E-state index in [4.69, 9.17) is 5.26 Å². The molecule has 3 rings (SSSR count). The molecule has 1 N–H and O–H groups in total. The number of hydrogen-bond donors (Lipinski definition) is 1. The van der Waals surface area contributed by atoms with E-state index in [1.165, 1.54) is 6.07 Å². The van der Waals surface area contributed by atoms with Crippen LogP contribution < -0.4 is 11.1 Å². The zero-order valence-electron chi connectivity index (χ0n) is 14.7. The third-order valence-corrected chi connectivity index (χ3v) is 4.90. The van der Waals surface area contributed by atoms with Gasteiger partial charge in [-0.2, -0.15) is 5.26 Å². The number of rotatable bonds is 4. The van der Waals surface area contributed by atoms with Crippen LogP contribution in [0.25, 0.3) is 10.9 Å². The van der Waals surface area contributed by atoms with E-state index in [1.807, 2.05) is 6.07 Å². The summed E-state index contributed by atoms with van der Waals surface area (Å²) in [6.45, 7) is 9.95. The molecule has 1 aliphatic rings. The minimum atomic E-state index is -0.463. The SMILES string of the molecule is CC(C)N1CCN(CCn2ccc3[nH]c(=O)c(C#N)cc3c2=O)CC1. The first-order valence-electron chi connectivity index (χ1n) is 8.62. The fraction of sp³-hybridized carbons (Fsp3) is 0.500. The Morgan fingerprint density at radius 1 is 1.20 bits per heavy atom. The standard InChI is InChI=1S/C18H23N5O2/c1-13(2)22-8-5-21(6-9-22)7-10-23-4-3-16-15(18(23)25)11-14(12-19)17(24)20-16/h3-4,11,13H,5-10H2,1-2H3,(H,20,24). The third kappa shape index (κ3) is 3.65. The van der Waals surface area contributed by atoms with Gasteiger partial charge in [0.05, 0.1) is 10.9 Å². The van der Waals surface area contributed by atoms with Crippen LogP contribution in [0.15, 0.2) is 27.9 Å². The van der Waals surface area contributed by atoms with Gasteiger partial charge in [0.25, 0.3) is 11.1 Å². The molecule has 2 aromatic heterocycles. The lowest BCUT2D eigenvalue weighted by molar-refractivity contribution is 0.106. The summed E-state index contributed by atoms with van der Waals surface area (Å²) < 4.78 is 1.65. The highest BCUT2D eigenvalue weighted by atomic mass is 16.1. The van der Waals surface area contributed by atoms with E-state index in [0.29, 0.717) is 23.5 Å². The number of hydrogen-bond acceptors (Lipinski definition) is 5. The van der Waals surface area contributed by atoms with Gasteiger partial charge in [-0.05, 0) is 26.0 Å². The molecule has 132 valence electrons. The van der Waals surface area contributed by atoms with Crippen LogP contribution in [0.2, 0.25) is 0 Å². The number of aromatic nitrogens is 2. The van der Waals surface area contributed by atoms with Gasteiger partial charge in [0.2, 0.25) is 0 Å². The summed E-state index contributed by atoms with van der Waals surface area (Å²) in [5.74, 6) is 0. The quantitative estimate of drug-likeness (QED) is 0.880. The number of aromatic amines is 1. The summed E-state index contributed by atoms with van der Waals surface area (Å²) in [6.07, 6.45) is 1.71. The van der Waals surface area contributed by atoms with Crippen molar-refractivity contribution in [3.8, 4) is 6.07 Å². The van der Waals surface area contributed by atoms with E-state index in [9.17, 15) is 9.59 Å². The first-order valence-corrected chi connectivity index (χ1v) is 8.62. The lowest BCUT2D eigenvalue weighted by atomic mass is 10.2. The molecule has 0 aliphatic carbocycles. The molecule has 0 saturated carbocycles. The van der Waals surface area contributed by atoms with Crippen molar-refractivity contribution in [1.29, 1.82) is 5.26 Å². The minimum absolute atomic E-state index is 0.0350. The molecule has 1 aliphatic heterocycles. The summed E-state index contributed by atoms with van der Waals surface area (Å²) in [4.78, 5) is 31.7. The second-order valence-corrected chi connectivity index (χ2v) is 6.74. The number of pyridine rings is 2. The fourth-order valence-electron chi connectivity index (χ4n) is 3.25. The van der Waals surface area contributed by atoms with Gasteiger partial charge in [-0.25, -0.2) is 0 Å². The molecule has 1 saturated heterocycles. The molecular formula is C18H23N5O2. The van der Waals surface area contributed by atoms with E-state index in [-0.39, 0.29) is 11.1 Å². The van der Waals surface area contributed by atoms with Crippen LogP contribution in [0.1, 0.15) is 19.4 Å². The summed E-state index contributed by atoms with van der Waals surface area (Å²) >= 11 is 0. The summed E-state index contributed by atoms with van der Waals surface area (Å²) in [6, 6.07) is 5.50. The maximum atomic E-state index is 12.6. The number of nitrogens with one attached hydrogen (secondary N) is 1. The van der Waals surface area contributed by atoms with E-state index in [2.05, 4.69) is 28.6 Å². The molecule has 0 aromatic carbocycles. The minimum Gasteiger partial charge on any atom is -0.321 e. The molecule has 0 radical (unpaired) electrons. The molecule has 2 aromatic rings. The van der Waals surface area contributed by atoms with Gasteiger partial charge in [0.15, 0.2) is 0 Å². The summed E-state index contributed by atoms with van der Waals surface area (Å²) in [5.41, 5.74) is -0.204. The molecule has 0 bridgehead atoms. The molecule has 7 nitrogen and oxygen atoms in total. The van der Waals surface area contributed by atoms with Crippen molar-refractivity contribution in [3.63, 3.8) is 0 Å². The molecule has 7 heteroatoms. The number of piperazine rings is 1. The highest BCUT2D eigenvalue weighted by Crippen LogP contribution is 2.07. The molecule has 0 spiro atoms. The van der Waals surface area contributed by atoms with Crippen LogP contribution in [0.4, 0.5) is 0 Å². The fourth-order valence-corrected chi connectivity index (χ4v) is 3.25. The maximum absolute atomic E-state index is 12.6. The average Bonchev–Trinajstić information content (AvgIpc) is 2.61. The highest BCUT2D eigenvalue weighted by molar-refractivity contribution is 5.78. The van der Waals surface area contributed by atoms with E-state index < -0.39 is 5.56 Å². The molecule has 0 amide bonds. The average molecular weight is 341 g/mol. The van der Waals surface area contributed by atoms with Crippen molar-refractivity contribution in [2.75, 3.05) is 32.7 Å². The molecule has 1 fully saturated rings. The predicted molar refractivity (Wildman–Crippen MR) is 96.7 cm³/mol. The van der Waals surface area contributed by atoms with Crippen molar-refractivity contribution in [2.24, 2.45) is 0 Å². The summed E-state index contributed by atoms with van der Waals surface area (Å²) in [5, 5.41) is 9.36. The topological polar surface area (TPSA) is 85.1 Å². The molecule has 0 atom stereocenters. The Morgan fingerprint density at radius 3 is 2.56 bits per heavy atom. The van der Waals surface area contributed by atoms with Crippen molar-refractivity contribution >= 4 is 10.9 Å².